The lowest BCUT2D eigenvalue weighted by Gasteiger charge is -2.29. The molecule has 9 nitrogen and oxygen atoms in total. The second-order valence-electron chi connectivity index (χ2n) is 8.51. The van der Waals surface area contributed by atoms with E-state index in [1.54, 1.807) is 16.7 Å². The van der Waals surface area contributed by atoms with Crippen LogP contribution in [0.3, 0.4) is 0 Å². The lowest BCUT2D eigenvalue weighted by molar-refractivity contribution is 0.0919. The maximum absolute atomic E-state index is 12.9. The molecule has 33 heavy (non-hydrogen) atoms. The third-order valence-corrected chi connectivity index (χ3v) is 7.43. The number of H-pyrrole nitrogens is 1. The number of carbonyl (C=O) groups is 1. The summed E-state index contributed by atoms with van der Waals surface area (Å²) in [7, 11) is -3.35. The minimum atomic E-state index is -3.35. The van der Waals surface area contributed by atoms with Gasteiger partial charge in [0.1, 0.15) is 11.3 Å². The van der Waals surface area contributed by atoms with Crippen molar-refractivity contribution in [2.75, 3.05) is 6.26 Å². The van der Waals surface area contributed by atoms with Crippen LogP contribution in [0.25, 0.3) is 16.4 Å². The molecule has 1 aromatic carbocycles. The topological polar surface area (TPSA) is 126 Å². The fourth-order valence-corrected chi connectivity index (χ4v) is 5.21. The van der Waals surface area contributed by atoms with Crippen LogP contribution >= 0.6 is 0 Å². The normalized spacial score (nSPS) is 19.1. The quantitative estimate of drug-likeness (QED) is 0.477. The van der Waals surface area contributed by atoms with Gasteiger partial charge in [0.15, 0.2) is 9.84 Å². The predicted molar refractivity (Wildman–Crippen MR) is 123 cm³/mol. The second-order valence-corrected chi connectivity index (χ2v) is 10.5. The first-order valence-corrected chi connectivity index (χ1v) is 12.7. The largest absolute Gasteiger partial charge is 0.348 e. The first kappa shape index (κ1) is 21.3. The fourth-order valence-electron chi connectivity index (χ4n) is 4.58. The predicted octanol–water partition coefficient (Wildman–Crippen LogP) is 2.43. The number of hydrogen-bond acceptors (Lipinski definition) is 6. The monoisotopic (exact) mass is 465 g/mol. The molecule has 1 fully saturated rings. The van der Waals surface area contributed by atoms with Gasteiger partial charge in [-0.1, -0.05) is 18.2 Å². The molecule has 0 bridgehead atoms. The van der Waals surface area contributed by atoms with Crippen molar-refractivity contribution >= 4 is 32.2 Å². The maximum Gasteiger partial charge on any atom is 0.272 e. The molecule has 3 heterocycles. The molecule has 1 aliphatic rings. The van der Waals surface area contributed by atoms with Crippen LogP contribution in [0.5, 0.6) is 0 Å². The number of amides is 1. The standard InChI is InChI=1S/C23H23N5O4S/c1-33(31,32)16-10-11-28-19(13-24-20(28)12-16)23(30)25-15-8-6-14(7-9-15)21-17-4-2-3-5-18(17)22(29)27-26-21/h2-5,10-15H,6-9H2,1H3,(H,25,30)(H,27,29)/t14-,15-. The zero-order valence-corrected chi connectivity index (χ0v) is 18.8. The van der Waals surface area contributed by atoms with Gasteiger partial charge in [-0.15, -0.1) is 0 Å². The van der Waals surface area contributed by atoms with E-state index in [4.69, 9.17) is 0 Å². The molecule has 1 amide bonds. The van der Waals surface area contributed by atoms with Gasteiger partial charge in [0.2, 0.25) is 0 Å². The molecular formula is C23H23N5O4S. The van der Waals surface area contributed by atoms with E-state index in [0.717, 1.165) is 43.0 Å². The van der Waals surface area contributed by atoms with E-state index in [1.807, 2.05) is 18.2 Å². The summed E-state index contributed by atoms with van der Waals surface area (Å²) in [6.07, 6.45) is 7.42. The van der Waals surface area contributed by atoms with Crippen molar-refractivity contribution in [2.45, 2.75) is 42.5 Å². The molecule has 0 unspecified atom stereocenters. The highest BCUT2D eigenvalue weighted by Crippen LogP contribution is 2.34. The molecule has 4 aromatic rings. The zero-order valence-electron chi connectivity index (χ0n) is 18.0. The summed E-state index contributed by atoms with van der Waals surface area (Å²) >= 11 is 0. The highest BCUT2D eigenvalue weighted by molar-refractivity contribution is 7.90. The molecule has 10 heteroatoms. The molecule has 0 spiro atoms. The highest BCUT2D eigenvalue weighted by Gasteiger charge is 2.27. The van der Waals surface area contributed by atoms with Gasteiger partial charge in [-0.2, -0.15) is 5.10 Å². The molecule has 0 saturated heterocycles. The highest BCUT2D eigenvalue weighted by atomic mass is 32.2. The van der Waals surface area contributed by atoms with Gasteiger partial charge < -0.3 is 5.32 Å². The summed E-state index contributed by atoms with van der Waals surface area (Å²) in [6.45, 7) is 0. The van der Waals surface area contributed by atoms with Crippen LogP contribution in [-0.4, -0.2) is 46.2 Å². The zero-order chi connectivity index (χ0) is 23.2. The summed E-state index contributed by atoms with van der Waals surface area (Å²) < 4.78 is 25.1. The van der Waals surface area contributed by atoms with Crippen LogP contribution in [0.2, 0.25) is 0 Å². The van der Waals surface area contributed by atoms with Crippen molar-refractivity contribution in [2.24, 2.45) is 0 Å². The first-order chi connectivity index (χ1) is 15.8. The van der Waals surface area contributed by atoms with Crippen molar-refractivity contribution in [3.63, 3.8) is 0 Å². The summed E-state index contributed by atoms with van der Waals surface area (Å²) in [5.74, 6) is -0.0317. The Morgan fingerprint density at radius 3 is 2.58 bits per heavy atom. The number of nitrogens with zero attached hydrogens (tertiary/aromatic N) is 3. The van der Waals surface area contributed by atoms with Crippen LogP contribution in [0.15, 0.2) is 58.5 Å². The summed E-state index contributed by atoms with van der Waals surface area (Å²) in [5.41, 5.74) is 1.48. The molecule has 3 aromatic heterocycles. The van der Waals surface area contributed by atoms with Crippen molar-refractivity contribution in [1.29, 1.82) is 0 Å². The van der Waals surface area contributed by atoms with E-state index in [-0.39, 0.29) is 28.3 Å². The number of fused-ring (bicyclic) bond motifs is 2. The Morgan fingerprint density at radius 2 is 1.85 bits per heavy atom. The summed E-state index contributed by atoms with van der Waals surface area (Å²) in [5, 5.41) is 11.6. The minimum Gasteiger partial charge on any atom is -0.348 e. The smallest absolute Gasteiger partial charge is 0.272 e. The lowest BCUT2D eigenvalue weighted by Crippen LogP contribution is -2.38. The Balaban J connectivity index is 1.29. The van der Waals surface area contributed by atoms with Gasteiger partial charge in [0, 0.05) is 35.9 Å². The van der Waals surface area contributed by atoms with Crippen LogP contribution in [0.4, 0.5) is 0 Å². The Labute approximate surface area is 189 Å². The van der Waals surface area contributed by atoms with E-state index in [0.29, 0.717) is 16.7 Å². The molecule has 0 radical (unpaired) electrons. The van der Waals surface area contributed by atoms with Crippen LogP contribution in [0.1, 0.15) is 47.8 Å². The molecule has 1 saturated carbocycles. The van der Waals surface area contributed by atoms with E-state index in [2.05, 4.69) is 20.5 Å². The van der Waals surface area contributed by atoms with Crippen LogP contribution < -0.4 is 10.9 Å². The number of aromatic nitrogens is 4. The number of benzene rings is 1. The fraction of sp³-hybridized carbons (Fsp3) is 0.304. The SMILES string of the molecule is CS(=O)(=O)c1ccn2c(C(=O)N[C@H]3CC[C@H](c4n[nH]c(=O)c5ccccc54)CC3)cnc2c1. The van der Waals surface area contributed by atoms with Gasteiger partial charge in [0.05, 0.1) is 22.2 Å². The van der Waals surface area contributed by atoms with Gasteiger partial charge in [-0.3, -0.25) is 14.0 Å². The van der Waals surface area contributed by atoms with Crippen molar-refractivity contribution in [3.05, 3.63) is 70.5 Å². The summed E-state index contributed by atoms with van der Waals surface area (Å²) in [6, 6.07) is 10.4. The number of rotatable bonds is 4. The third kappa shape index (κ3) is 4.02. The third-order valence-electron chi connectivity index (χ3n) is 6.32. The molecular weight excluding hydrogens is 442 g/mol. The van der Waals surface area contributed by atoms with Gasteiger partial charge >= 0.3 is 0 Å². The molecule has 170 valence electrons. The van der Waals surface area contributed by atoms with E-state index in [1.165, 1.54) is 18.3 Å². The number of hydrogen-bond donors (Lipinski definition) is 2. The number of sulfone groups is 1. The number of aromatic amines is 1. The number of nitrogens with one attached hydrogen (secondary N) is 2. The molecule has 2 N–H and O–H groups in total. The van der Waals surface area contributed by atoms with Gasteiger partial charge in [0.25, 0.3) is 11.5 Å². The van der Waals surface area contributed by atoms with E-state index in [9.17, 15) is 18.0 Å². The maximum atomic E-state index is 12.9. The molecule has 1 aliphatic carbocycles. The number of imidazole rings is 1. The van der Waals surface area contributed by atoms with Gasteiger partial charge in [-0.25, -0.2) is 18.5 Å². The Hall–Kier alpha value is -3.53. The number of carbonyl (C=O) groups excluding carboxylic acids is 1. The summed E-state index contributed by atoms with van der Waals surface area (Å²) in [4.78, 5) is 29.3. The Kier molecular flexibility index (Phi) is 5.24. The Morgan fingerprint density at radius 1 is 1.12 bits per heavy atom. The van der Waals surface area contributed by atoms with Crippen molar-refractivity contribution in [1.82, 2.24) is 24.9 Å². The molecule has 5 rings (SSSR count). The van der Waals surface area contributed by atoms with Crippen LogP contribution in [-0.2, 0) is 9.84 Å². The molecule has 0 aliphatic heterocycles. The average Bonchev–Trinajstić information content (AvgIpc) is 3.23. The lowest BCUT2D eigenvalue weighted by atomic mass is 9.82. The van der Waals surface area contributed by atoms with Crippen LogP contribution in [0, 0.1) is 0 Å². The Bertz CT molecular complexity index is 1530. The average molecular weight is 466 g/mol. The molecule has 0 atom stereocenters. The minimum absolute atomic E-state index is 0.0172. The first-order valence-electron chi connectivity index (χ1n) is 10.8. The van der Waals surface area contributed by atoms with E-state index < -0.39 is 9.84 Å². The van der Waals surface area contributed by atoms with Crippen molar-refractivity contribution < 1.29 is 13.2 Å². The number of pyridine rings is 1. The van der Waals surface area contributed by atoms with Gasteiger partial charge in [-0.05, 0) is 37.8 Å². The van der Waals surface area contributed by atoms with Crippen molar-refractivity contribution in [3.8, 4) is 0 Å². The van der Waals surface area contributed by atoms with E-state index >= 15 is 0 Å². The second kappa shape index (κ2) is 8.11.